The molecule has 0 aliphatic heterocycles. The molecule has 0 atom stereocenters. The molecule has 94 valence electrons. The predicted molar refractivity (Wildman–Crippen MR) is 69.9 cm³/mol. The summed E-state index contributed by atoms with van der Waals surface area (Å²) in [6.07, 6.45) is 8.94. The molecule has 0 aliphatic carbocycles. The van der Waals surface area contributed by atoms with Crippen molar-refractivity contribution in [2.75, 3.05) is 0 Å². The van der Waals surface area contributed by atoms with E-state index in [9.17, 15) is 4.79 Å². The fraction of sp³-hybridized carbons (Fsp3) is 0. The number of hydrogen-bond acceptors (Lipinski definition) is 2. The first-order valence-corrected chi connectivity index (χ1v) is 5.75. The third kappa shape index (κ3) is 2.01. The Morgan fingerprint density at radius 1 is 1.05 bits per heavy atom. The lowest BCUT2D eigenvalue weighted by Gasteiger charge is -2.12. The van der Waals surface area contributed by atoms with E-state index in [0.717, 1.165) is 11.4 Å². The lowest BCUT2D eigenvalue weighted by atomic mass is 10.1. The van der Waals surface area contributed by atoms with Crippen LogP contribution in [0.2, 0.25) is 0 Å². The van der Waals surface area contributed by atoms with Crippen LogP contribution in [0.1, 0.15) is 10.4 Å². The number of carboxylic acid groups (broad SMARTS) is 1. The molecule has 3 aromatic rings. The van der Waals surface area contributed by atoms with E-state index in [-0.39, 0.29) is 5.56 Å². The van der Waals surface area contributed by atoms with Crippen LogP contribution >= 0.6 is 0 Å². The summed E-state index contributed by atoms with van der Waals surface area (Å²) in [6, 6.07) is 8.80. The quantitative estimate of drug-likeness (QED) is 0.779. The standard InChI is InChI=1S/C14H11N3O2/c18-14(19)11-3-4-12(17-8-5-15-10-17)13(9-11)16-6-1-2-7-16/h1-10H,(H,18,19). The molecule has 5 nitrogen and oxygen atoms in total. The number of aromatic nitrogens is 3. The molecule has 3 rings (SSSR count). The van der Waals surface area contributed by atoms with E-state index in [1.165, 1.54) is 0 Å². The van der Waals surface area contributed by atoms with Crippen LogP contribution in [-0.2, 0) is 0 Å². The molecule has 0 amide bonds. The molecule has 5 heteroatoms. The fourth-order valence-electron chi connectivity index (χ4n) is 1.98. The van der Waals surface area contributed by atoms with Crippen LogP contribution in [0.5, 0.6) is 0 Å². The maximum atomic E-state index is 11.1. The van der Waals surface area contributed by atoms with E-state index < -0.39 is 5.97 Å². The normalized spacial score (nSPS) is 10.5. The summed E-state index contributed by atoms with van der Waals surface area (Å²) < 4.78 is 3.72. The van der Waals surface area contributed by atoms with Gasteiger partial charge >= 0.3 is 5.97 Å². The minimum atomic E-state index is -0.939. The summed E-state index contributed by atoms with van der Waals surface area (Å²) in [6.45, 7) is 0. The summed E-state index contributed by atoms with van der Waals surface area (Å²) in [5, 5.41) is 9.10. The molecule has 0 spiro atoms. The van der Waals surface area contributed by atoms with Crippen molar-refractivity contribution in [1.82, 2.24) is 14.1 Å². The number of benzene rings is 1. The monoisotopic (exact) mass is 253 g/mol. The Hall–Kier alpha value is -2.82. The molecule has 1 aromatic carbocycles. The van der Waals surface area contributed by atoms with Gasteiger partial charge in [-0.05, 0) is 30.3 Å². The molecule has 19 heavy (non-hydrogen) atoms. The van der Waals surface area contributed by atoms with Crippen LogP contribution in [0.4, 0.5) is 0 Å². The molecule has 0 fully saturated rings. The Morgan fingerprint density at radius 3 is 2.47 bits per heavy atom. The highest BCUT2D eigenvalue weighted by atomic mass is 16.4. The molecule has 0 saturated carbocycles. The van der Waals surface area contributed by atoms with Crippen molar-refractivity contribution in [3.63, 3.8) is 0 Å². The van der Waals surface area contributed by atoms with Gasteiger partial charge in [-0.2, -0.15) is 0 Å². The molecule has 0 aliphatic rings. The van der Waals surface area contributed by atoms with Gasteiger partial charge in [0, 0.05) is 24.8 Å². The molecule has 1 N–H and O–H groups in total. The van der Waals surface area contributed by atoms with Gasteiger partial charge in [-0.15, -0.1) is 0 Å². The smallest absolute Gasteiger partial charge is 0.335 e. The van der Waals surface area contributed by atoms with E-state index >= 15 is 0 Å². The maximum absolute atomic E-state index is 11.1. The SMILES string of the molecule is O=C(O)c1ccc(-n2ccnc2)c(-n2cccc2)c1. The molecule has 0 bridgehead atoms. The maximum Gasteiger partial charge on any atom is 0.335 e. The molecule has 2 aromatic heterocycles. The molecular formula is C14H11N3O2. The highest BCUT2D eigenvalue weighted by Crippen LogP contribution is 2.21. The van der Waals surface area contributed by atoms with Crippen LogP contribution in [0.15, 0.2) is 61.4 Å². The summed E-state index contributed by atoms with van der Waals surface area (Å²) in [4.78, 5) is 15.1. The van der Waals surface area contributed by atoms with Crippen molar-refractivity contribution >= 4 is 5.97 Å². The average molecular weight is 253 g/mol. The predicted octanol–water partition coefficient (Wildman–Crippen LogP) is 2.36. The number of nitrogens with zero attached hydrogens (tertiary/aromatic N) is 3. The first-order valence-electron chi connectivity index (χ1n) is 5.75. The first kappa shape index (κ1) is 11.3. The van der Waals surface area contributed by atoms with E-state index in [1.807, 2.05) is 39.9 Å². The molecule has 0 unspecified atom stereocenters. The Bertz CT molecular complexity index is 700. The highest BCUT2D eigenvalue weighted by Gasteiger charge is 2.10. The van der Waals surface area contributed by atoms with Crippen molar-refractivity contribution in [3.05, 3.63) is 67.0 Å². The molecule has 0 radical (unpaired) electrons. The number of carbonyl (C=O) groups is 1. The number of hydrogen-bond donors (Lipinski definition) is 1. The zero-order valence-electron chi connectivity index (χ0n) is 9.97. The number of rotatable bonds is 3. The van der Waals surface area contributed by atoms with Crippen molar-refractivity contribution in [2.45, 2.75) is 0 Å². The van der Waals surface area contributed by atoms with Gasteiger partial charge in [0.25, 0.3) is 0 Å². The largest absolute Gasteiger partial charge is 0.478 e. The fourth-order valence-corrected chi connectivity index (χ4v) is 1.98. The summed E-state index contributed by atoms with van der Waals surface area (Å²) in [5.41, 5.74) is 1.93. The Balaban J connectivity index is 2.22. The van der Waals surface area contributed by atoms with Gasteiger partial charge in [-0.1, -0.05) is 0 Å². The Labute approximate surface area is 109 Å². The van der Waals surface area contributed by atoms with Gasteiger partial charge in [0.2, 0.25) is 0 Å². The third-order valence-electron chi connectivity index (χ3n) is 2.89. The number of imidazole rings is 1. The minimum Gasteiger partial charge on any atom is -0.478 e. The second-order valence-corrected chi connectivity index (χ2v) is 4.07. The average Bonchev–Trinajstić information content (AvgIpc) is 3.11. The second kappa shape index (κ2) is 4.45. The van der Waals surface area contributed by atoms with Crippen LogP contribution in [0.25, 0.3) is 11.4 Å². The Morgan fingerprint density at radius 2 is 1.84 bits per heavy atom. The topological polar surface area (TPSA) is 60.0 Å². The van der Waals surface area contributed by atoms with Gasteiger partial charge in [0.05, 0.1) is 23.3 Å². The molecule has 2 heterocycles. The van der Waals surface area contributed by atoms with E-state index in [1.54, 1.807) is 30.7 Å². The summed E-state index contributed by atoms with van der Waals surface area (Å²) in [7, 11) is 0. The zero-order chi connectivity index (χ0) is 13.2. The van der Waals surface area contributed by atoms with Crippen molar-refractivity contribution in [2.24, 2.45) is 0 Å². The van der Waals surface area contributed by atoms with Crippen LogP contribution in [0, 0.1) is 0 Å². The van der Waals surface area contributed by atoms with Gasteiger partial charge in [-0.3, -0.25) is 0 Å². The van der Waals surface area contributed by atoms with Crippen molar-refractivity contribution in [3.8, 4) is 11.4 Å². The van der Waals surface area contributed by atoms with Crippen molar-refractivity contribution in [1.29, 1.82) is 0 Å². The van der Waals surface area contributed by atoms with Crippen molar-refractivity contribution < 1.29 is 9.90 Å². The lowest BCUT2D eigenvalue weighted by Crippen LogP contribution is -2.04. The summed E-state index contributed by atoms with van der Waals surface area (Å²) in [5.74, 6) is -0.939. The van der Waals surface area contributed by atoms with Crippen LogP contribution in [-0.4, -0.2) is 25.2 Å². The zero-order valence-corrected chi connectivity index (χ0v) is 9.97. The number of aromatic carboxylic acids is 1. The Kier molecular flexibility index (Phi) is 2.64. The minimum absolute atomic E-state index is 0.257. The second-order valence-electron chi connectivity index (χ2n) is 4.07. The number of carboxylic acids is 1. The van der Waals surface area contributed by atoms with Gasteiger partial charge in [0.1, 0.15) is 0 Å². The van der Waals surface area contributed by atoms with E-state index in [2.05, 4.69) is 4.98 Å². The first-order chi connectivity index (χ1) is 9.25. The lowest BCUT2D eigenvalue weighted by molar-refractivity contribution is 0.0697. The van der Waals surface area contributed by atoms with E-state index in [4.69, 9.17) is 5.11 Å². The molecule has 0 saturated heterocycles. The third-order valence-corrected chi connectivity index (χ3v) is 2.89. The van der Waals surface area contributed by atoms with Crippen LogP contribution < -0.4 is 0 Å². The van der Waals surface area contributed by atoms with Gasteiger partial charge in [-0.25, -0.2) is 9.78 Å². The molecular weight excluding hydrogens is 242 g/mol. The summed E-state index contributed by atoms with van der Waals surface area (Å²) >= 11 is 0. The van der Waals surface area contributed by atoms with Crippen LogP contribution in [0.3, 0.4) is 0 Å². The van der Waals surface area contributed by atoms with Gasteiger partial charge in [0.15, 0.2) is 0 Å². The van der Waals surface area contributed by atoms with Gasteiger partial charge < -0.3 is 14.2 Å². The van der Waals surface area contributed by atoms with E-state index in [0.29, 0.717) is 0 Å². The highest BCUT2D eigenvalue weighted by molar-refractivity contribution is 5.89.